The number of rotatable bonds is 3. The Morgan fingerprint density at radius 2 is 2.12 bits per heavy atom. The van der Waals surface area contributed by atoms with Gasteiger partial charge in [0.15, 0.2) is 0 Å². The summed E-state index contributed by atoms with van der Waals surface area (Å²) in [6, 6.07) is 7.86. The van der Waals surface area contributed by atoms with Gasteiger partial charge in [0.1, 0.15) is 5.82 Å². The fraction of sp³-hybridized carbons (Fsp3) is 0.0909. The molecule has 0 saturated carbocycles. The highest BCUT2D eigenvalue weighted by Gasteiger charge is 2.16. The van der Waals surface area contributed by atoms with Gasteiger partial charge in [-0.3, -0.25) is 5.84 Å². The van der Waals surface area contributed by atoms with Crippen LogP contribution in [-0.4, -0.2) is 0 Å². The summed E-state index contributed by atoms with van der Waals surface area (Å²) in [6.45, 7) is 0. The number of anilines is 1. The number of halogens is 1. The first-order valence-electron chi connectivity index (χ1n) is 4.77. The molecule has 84 valence electrons. The Morgan fingerprint density at radius 3 is 2.75 bits per heavy atom. The summed E-state index contributed by atoms with van der Waals surface area (Å²) in [5.41, 5.74) is 9.65. The zero-order valence-corrected chi connectivity index (χ0v) is 9.30. The topological polar surface area (TPSA) is 64.1 Å². The molecule has 0 radical (unpaired) electrons. The molecule has 0 aliphatic heterocycles. The molecule has 3 nitrogen and oxygen atoms in total. The monoisotopic (exact) mass is 237 g/mol. The van der Waals surface area contributed by atoms with Gasteiger partial charge in [-0.2, -0.15) is 0 Å². The summed E-state index contributed by atoms with van der Waals surface area (Å²) in [4.78, 5) is 1.000. The minimum absolute atomic E-state index is 0.268. The fourth-order valence-electron chi connectivity index (χ4n) is 1.58. The number of hydrogen-bond donors (Lipinski definition) is 3. The predicted molar refractivity (Wildman–Crippen MR) is 64.3 cm³/mol. The molecule has 0 aliphatic carbocycles. The van der Waals surface area contributed by atoms with Crippen molar-refractivity contribution in [2.75, 3.05) is 5.73 Å². The maximum Gasteiger partial charge on any atom is 0.123 e. The van der Waals surface area contributed by atoms with Crippen LogP contribution in [0.1, 0.15) is 16.5 Å². The number of hydrazine groups is 1. The van der Waals surface area contributed by atoms with Crippen molar-refractivity contribution in [2.24, 2.45) is 5.84 Å². The lowest BCUT2D eigenvalue weighted by atomic mass is 10.0. The molecule has 0 bridgehead atoms. The molecule has 0 spiro atoms. The zero-order chi connectivity index (χ0) is 11.5. The number of thiophene rings is 1. The molecule has 2 rings (SSSR count). The Labute approximate surface area is 96.9 Å². The van der Waals surface area contributed by atoms with Gasteiger partial charge in [0.05, 0.1) is 6.04 Å². The molecule has 0 aliphatic rings. The number of nitrogens with one attached hydrogen (secondary N) is 1. The fourth-order valence-corrected chi connectivity index (χ4v) is 2.38. The van der Waals surface area contributed by atoms with Crippen molar-refractivity contribution in [2.45, 2.75) is 6.04 Å². The van der Waals surface area contributed by atoms with Gasteiger partial charge in [-0.05, 0) is 29.6 Å². The molecule has 1 aromatic heterocycles. The largest absolute Gasteiger partial charge is 0.398 e. The van der Waals surface area contributed by atoms with Crippen LogP contribution in [0.25, 0.3) is 0 Å². The molecule has 5 heteroatoms. The van der Waals surface area contributed by atoms with Crippen LogP contribution >= 0.6 is 11.3 Å². The summed E-state index contributed by atoms with van der Waals surface area (Å²) in [5.74, 6) is 5.18. The normalized spacial score (nSPS) is 12.6. The van der Waals surface area contributed by atoms with Crippen LogP contribution in [0.4, 0.5) is 10.1 Å². The maximum absolute atomic E-state index is 13.2. The molecule has 2 aromatic rings. The van der Waals surface area contributed by atoms with E-state index in [2.05, 4.69) is 5.43 Å². The van der Waals surface area contributed by atoms with Crippen molar-refractivity contribution >= 4 is 17.0 Å². The highest BCUT2D eigenvalue weighted by atomic mass is 32.1. The molecule has 1 heterocycles. The van der Waals surface area contributed by atoms with Gasteiger partial charge in [-0.25, -0.2) is 9.82 Å². The van der Waals surface area contributed by atoms with E-state index in [9.17, 15) is 4.39 Å². The summed E-state index contributed by atoms with van der Waals surface area (Å²) >= 11 is 1.54. The molecule has 5 N–H and O–H groups in total. The summed E-state index contributed by atoms with van der Waals surface area (Å²) < 4.78 is 13.2. The molecule has 1 unspecified atom stereocenters. The summed E-state index contributed by atoms with van der Waals surface area (Å²) in [7, 11) is 0. The Bertz CT molecular complexity index is 470. The SMILES string of the molecule is NNC(c1cccs1)c1cc(F)ccc1N. The third-order valence-corrected chi connectivity index (χ3v) is 3.29. The zero-order valence-electron chi connectivity index (χ0n) is 8.48. The van der Waals surface area contributed by atoms with Gasteiger partial charge in [0, 0.05) is 16.1 Å². The van der Waals surface area contributed by atoms with Gasteiger partial charge in [0.25, 0.3) is 0 Å². The number of benzene rings is 1. The minimum atomic E-state index is -0.319. The van der Waals surface area contributed by atoms with Gasteiger partial charge in [-0.1, -0.05) is 6.07 Å². The van der Waals surface area contributed by atoms with Gasteiger partial charge in [-0.15, -0.1) is 11.3 Å². The molecule has 0 fully saturated rings. The highest BCUT2D eigenvalue weighted by Crippen LogP contribution is 2.29. The molecule has 0 amide bonds. The number of hydrogen-bond acceptors (Lipinski definition) is 4. The third-order valence-electron chi connectivity index (χ3n) is 2.35. The second-order valence-corrected chi connectivity index (χ2v) is 4.37. The van der Waals surface area contributed by atoms with E-state index >= 15 is 0 Å². The maximum atomic E-state index is 13.2. The Morgan fingerprint density at radius 1 is 1.31 bits per heavy atom. The van der Waals surface area contributed by atoms with Crippen LogP contribution in [0.3, 0.4) is 0 Å². The lowest BCUT2D eigenvalue weighted by molar-refractivity contribution is 0.610. The van der Waals surface area contributed by atoms with E-state index in [1.165, 1.54) is 12.1 Å². The quantitative estimate of drug-likeness (QED) is 0.435. The van der Waals surface area contributed by atoms with Crippen LogP contribution in [-0.2, 0) is 0 Å². The second kappa shape index (κ2) is 4.61. The Hall–Kier alpha value is -1.43. The Balaban J connectivity index is 2.44. The third kappa shape index (κ3) is 2.06. The van der Waals surface area contributed by atoms with Crippen LogP contribution < -0.4 is 17.0 Å². The van der Waals surface area contributed by atoms with E-state index < -0.39 is 0 Å². The molecule has 16 heavy (non-hydrogen) atoms. The lowest BCUT2D eigenvalue weighted by Crippen LogP contribution is -2.28. The molecule has 1 atom stereocenters. The first-order valence-corrected chi connectivity index (χ1v) is 5.65. The Kier molecular flexibility index (Phi) is 3.19. The van der Waals surface area contributed by atoms with Crippen molar-refractivity contribution in [1.29, 1.82) is 0 Å². The van der Waals surface area contributed by atoms with Crippen LogP contribution in [0.15, 0.2) is 35.7 Å². The van der Waals surface area contributed by atoms with Crippen LogP contribution in [0.5, 0.6) is 0 Å². The van der Waals surface area contributed by atoms with Crippen LogP contribution in [0, 0.1) is 5.82 Å². The van der Waals surface area contributed by atoms with E-state index in [-0.39, 0.29) is 11.9 Å². The molecular weight excluding hydrogens is 225 g/mol. The number of nitrogens with two attached hydrogens (primary N) is 2. The lowest BCUT2D eigenvalue weighted by Gasteiger charge is -2.16. The minimum Gasteiger partial charge on any atom is -0.398 e. The average molecular weight is 237 g/mol. The van der Waals surface area contributed by atoms with Crippen molar-refractivity contribution in [3.05, 3.63) is 52.0 Å². The smallest absolute Gasteiger partial charge is 0.123 e. The summed E-state index contributed by atoms with van der Waals surface area (Å²) in [6.07, 6.45) is 0. The summed E-state index contributed by atoms with van der Waals surface area (Å²) in [5, 5.41) is 1.94. The van der Waals surface area contributed by atoms with E-state index in [1.807, 2.05) is 17.5 Å². The first-order chi connectivity index (χ1) is 7.72. The molecular formula is C11H12FN3S. The van der Waals surface area contributed by atoms with E-state index in [0.717, 1.165) is 4.88 Å². The highest BCUT2D eigenvalue weighted by molar-refractivity contribution is 7.10. The molecule has 0 saturated heterocycles. The van der Waals surface area contributed by atoms with Gasteiger partial charge < -0.3 is 5.73 Å². The average Bonchev–Trinajstić information content (AvgIpc) is 2.78. The van der Waals surface area contributed by atoms with Gasteiger partial charge in [0.2, 0.25) is 0 Å². The van der Waals surface area contributed by atoms with Crippen molar-refractivity contribution in [3.63, 3.8) is 0 Å². The van der Waals surface area contributed by atoms with E-state index in [4.69, 9.17) is 11.6 Å². The van der Waals surface area contributed by atoms with Crippen molar-refractivity contribution in [3.8, 4) is 0 Å². The number of nitrogen functional groups attached to an aromatic ring is 1. The van der Waals surface area contributed by atoms with E-state index in [0.29, 0.717) is 11.3 Å². The molecule has 1 aromatic carbocycles. The van der Waals surface area contributed by atoms with Gasteiger partial charge >= 0.3 is 0 Å². The van der Waals surface area contributed by atoms with Crippen molar-refractivity contribution in [1.82, 2.24) is 5.43 Å². The second-order valence-electron chi connectivity index (χ2n) is 3.39. The van der Waals surface area contributed by atoms with Crippen molar-refractivity contribution < 1.29 is 4.39 Å². The standard InChI is InChI=1S/C11H12FN3S/c12-7-3-4-9(13)8(6-7)11(15-14)10-2-1-5-16-10/h1-6,11,15H,13-14H2. The predicted octanol–water partition coefficient (Wildman–Crippen LogP) is 2.02. The van der Waals surface area contributed by atoms with Crippen LogP contribution in [0.2, 0.25) is 0 Å². The van der Waals surface area contributed by atoms with E-state index in [1.54, 1.807) is 17.4 Å². The first kappa shape index (κ1) is 11.1.